The van der Waals surface area contributed by atoms with Crippen molar-refractivity contribution < 1.29 is 14.6 Å². The van der Waals surface area contributed by atoms with Gasteiger partial charge in [-0.05, 0) is 88.4 Å². The van der Waals surface area contributed by atoms with Gasteiger partial charge in [0.05, 0.1) is 16.9 Å². The molecule has 2 atom stereocenters. The van der Waals surface area contributed by atoms with Crippen molar-refractivity contribution in [3.05, 3.63) is 17.5 Å². The normalized spacial score (nSPS) is 37.5. The van der Waals surface area contributed by atoms with Gasteiger partial charge in [0.2, 0.25) is 0 Å². The molecule has 0 saturated heterocycles. The zero-order chi connectivity index (χ0) is 21.0. The second-order valence-corrected chi connectivity index (χ2v) is 11.2. The van der Waals surface area contributed by atoms with Gasteiger partial charge < -0.3 is 15.2 Å². The van der Waals surface area contributed by atoms with Crippen LogP contribution in [0.25, 0.3) is 0 Å². The van der Waals surface area contributed by atoms with Crippen molar-refractivity contribution in [3.63, 3.8) is 0 Å². The largest absolute Gasteiger partial charge is 0.460 e. The maximum atomic E-state index is 13.5. The topological polar surface area (TPSA) is 84.3 Å². The van der Waals surface area contributed by atoms with E-state index < -0.39 is 5.60 Å². The molecule has 1 aromatic rings. The molecule has 0 aromatic carbocycles. The fourth-order valence-electron chi connectivity index (χ4n) is 7.72. The number of carbonyl (C=O) groups excluding carboxylic acids is 1. The van der Waals surface area contributed by atoms with E-state index in [9.17, 15) is 9.90 Å². The molecule has 0 spiro atoms. The molecule has 1 aromatic heterocycles. The van der Waals surface area contributed by atoms with Gasteiger partial charge in [-0.15, -0.1) is 0 Å². The Morgan fingerprint density at radius 1 is 1.03 bits per heavy atom. The smallest absolute Gasteiger partial charge is 0.316 e. The van der Waals surface area contributed by atoms with Gasteiger partial charge in [-0.1, -0.05) is 12.8 Å². The van der Waals surface area contributed by atoms with Crippen LogP contribution < -0.4 is 10.1 Å². The number of nitrogens with zero attached hydrogens (tertiary/aromatic N) is 2. The van der Waals surface area contributed by atoms with E-state index in [0.717, 1.165) is 63.5 Å². The van der Waals surface area contributed by atoms with Crippen molar-refractivity contribution in [2.75, 3.05) is 0 Å². The Kier molecular flexibility index (Phi) is 4.97. The number of amides is 1. The summed E-state index contributed by atoms with van der Waals surface area (Å²) in [6.07, 6.45) is 16.0. The van der Waals surface area contributed by atoms with Gasteiger partial charge in [-0.2, -0.15) is 4.98 Å². The van der Waals surface area contributed by atoms with Crippen LogP contribution in [0.15, 0.2) is 6.20 Å². The number of hydrogen-bond acceptors (Lipinski definition) is 5. The van der Waals surface area contributed by atoms with Crippen molar-refractivity contribution >= 4 is 5.91 Å². The lowest BCUT2D eigenvalue weighted by atomic mass is 9.52. The fraction of sp³-hybridized carbons (Fsp3) is 0.800. The van der Waals surface area contributed by atoms with Crippen LogP contribution >= 0.6 is 0 Å². The maximum Gasteiger partial charge on any atom is 0.316 e. The molecular formula is C25H35N3O3. The summed E-state index contributed by atoms with van der Waals surface area (Å²) >= 11 is 0. The molecule has 1 heterocycles. The number of ether oxygens (including phenoxy) is 1. The van der Waals surface area contributed by atoms with E-state index >= 15 is 0 Å². The van der Waals surface area contributed by atoms with Gasteiger partial charge in [0, 0.05) is 18.2 Å². The average Bonchev–Trinajstić information content (AvgIpc) is 3.43. The van der Waals surface area contributed by atoms with E-state index in [-0.39, 0.29) is 18.1 Å². The van der Waals surface area contributed by atoms with Crippen LogP contribution in [0, 0.1) is 17.8 Å². The van der Waals surface area contributed by atoms with Crippen LogP contribution in [0.1, 0.15) is 105 Å². The molecule has 2 unspecified atom stereocenters. The van der Waals surface area contributed by atoms with Gasteiger partial charge in [0.25, 0.3) is 5.91 Å². The quantitative estimate of drug-likeness (QED) is 0.741. The molecule has 168 valence electrons. The Balaban J connectivity index is 1.23. The zero-order valence-corrected chi connectivity index (χ0v) is 18.4. The first kappa shape index (κ1) is 20.0. The first-order valence-corrected chi connectivity index (χ1v) is 12.6. The standard InChI is InChI=1S/C25H35N3O3/c29-23(27-21-17-9-15-10-18(21)13-25(30,11-15)12-17)20-14-26-24(31-19-7-3-4-8-19)28-22(20)16-5-1-2-6-16/h14-19,21,30H,1-13H2,(H,27,29)/t15?,17?,18?,21-,25+. The highest BCUT2D eigenvalue weighted by Crippen LogP contribution is 2.55. The Bertz CT molecular complexity index is 830. The maximum absolute atomic E-state index is 13.5. The molecule has 6 aliphatic carbocycles. The zero-order valence-electron chi connectivity index (χ0n) is 18.4. The molecule has 0 radical (unpaired) electrons. The number of carbonyl (C=O) groups is 1. The highest BCUT2D eigenvalue weighted by molar-refractivity contribution is 5.95. The first-order chi connectivity index (χ1) is 15.1. The highest BCUT2D eigenvalue weighted by Gasteiger charge is 2.55. The first-order valence-electron chi connectivity index (χ1n) is 12.6. The second kappa shape index (κ2) is 7.72. The number of rotatable bonds is 5. The third kappa shape index (κ3) is 3.75. The van der Waals surface area contributed by atoms with Gasteiger partial charge in [-0.3, -0.25) is 4.79 Å². The predicted molar refractivity (Wildman–Crippen MR) is 116 cm³/mol. The third-order valence-corrected chi connectivity index (χ3v) is 8.90. The lowest BCUT2D eigenvalue weighted by molar-refractivity contribution is -0.136. The number of nitrogens with one attached hydrogen (secondary N) is 1. The summed E-state index contributed by atoms with van der Waals surface area (Å²) in [5.41, 5.74) is 1.05. The molecule has 31 heavy (non-hydrogen) atoms. The minimum Gasteiger partial charge on any atom is -0.460 e. The summed E-state index contributed by atoms with van der Waals surface area (Å²) < 4.78 is 6.07. The third-order valence-electron chi connectivity index (χ3n) is 8.90. The highest BCUT2D eigenvalue weighted by atomic mass is 16.5. The SMILES string of the molecule is O=C(N[C@H]1C2CC3CC1C[C@@](O)(C3)C2)c1cnc(OC2CCCC2)nc1C1CCCC1. The summed E-state index contributed by atoms with van der Waals surface area (Å²) in [4.78, 5) is 22.7. The lowest BCUT2D eigenvalue weighted by Crippen LogP contribution is -2.61. The van der Waals surface area contributed by atoms with Crippen molar-refractivity contribution in [2.45, 2.75) is 107 Å². The van der Waals surface area contributed by atoms with Gasteiger partial charge >= 0.3 is 6.01 Å². The van der Waals surface area contributed by atoms with Crippen LogP contribution in [-0.2, 0) is 0 Å². The molecule has 7 rings (SSSR count). The van der Waals surface area contributed by atoms with Crippen molar-refractivity contribution in [3.8, 4) is 6.01 Å². The van der Waals surface area contributed by atoms with E-state index in [1.807, 2.05) is 0 Å². The van der Waals surface area contributed by atoms with E-state index in [0.29, 0.717) is 35.2 Å². The number of aromatic nitrogens is 2. The van der Waals surface area contributed by atoms with Crippen molar-refractivity contribution in [1.29, 1.82) is 0 Å². The molecule has 6 aliphatic rings. The van der Waals surface area contributed by atoms with Crippen molar-refractivity contribution in [2.24, 2.45) is 17.8 Å². The average molecular weight is 426 g/mol. The van der Waals surface area contributed by atoms with E-state index in [1.165, 1.54) is 25.7 Å². The Morgan fingerprint density at radius 2 is 1.71 bits per heavy atom. The molecule has 6 nitrogen and oxygen atoms in total. The molecular weight excluding hydrogens is 390 g/mol. The minimum atomic E-state index is -0.477. The van der Waals surface area contributed by atoms with Gasteiger partial charge in [0.1, 0.15) is 6.10 Å². The van der Waals surface area contributed by atoms with Crippen molar-refractivity contribution in [1.82, 2.24) is 15.3 Å². The molecule has 1 amide bonds. The minimum absolute atomic E-state index is 0.0289. The van der Waals surface area contributed by atoms with E-state index in [2.05, 4.69) is 10.3 Å². The van der Waals surface area contributed by atoms with Gasteiger partial charge in [0.15, 0.2) is 0 Å². The molecule has 6 saturated carbocycles. The molecule has 4 bridgehead atoms. The molecule has 0 aliphatic heterocycles. The Hall–Kier alpha value is -1.69. The Labute approximate surface area is 184 Å². The van der Waals surface area contributed by atoms with E-state index in [1.54, 1.807) is 6.20 Å². The monoisotopic (exact) mass is 425 g/mol. The van der Waals surface area contributed by atoms with Crippen LogP contribution in [-0.4, -0.2) is 38.7 Å². The van der Waals surface area contributed by atoms with Crippen LogP contribution in [0.5, 0.6) is 6.01 Å². The summed E-state index contributed by atoms with van der Waals surface area (Å²) in [6.45, 7) is 0. The summed E-state index contributed by atoms with van der Waals surface area (Å²) in [6, 6.07) is 0.623. The lowest BCUT2D eigenvalue weighted by Gasteiger charge is -2.58. The van der Waals surface area contributed by atoms with Crippen LogP contribution in [0.3, 0.4) is 0 Å². The summed E-state index contributed by atoms with van der Waals surface area (Å²) in [5, 5.41) is 14.2. The molecule has 6 heteroatoms. The second-order valence-electron chi connectivity index (χ2n) is 11.2. The number of hydrogen-bond donors (Lipinski definition) is 2. The summed E-state index contributed by atoms with van der Waals surface area (Å²) in [7, 11) is 0. The molecule has 2 N–H and O–H groups in total. The molecule has 6 fully saturated rings. The fourth-order valence-corrected chi connectivity index (χ4v) is 7.72. The van der Waals surface area contributed by atoms with Crippen LogP contribution in [0.4, 0.5) is 0 Å². The van der Waals surface area contributed by atoms with Gasteiger partial charge in [-0.25, -0.2) is 4.98 Å². The predicted octanol–water partition coefficient (Wildman–Crippen LogP) is 4.13. The van der Waals surface area contributed by atoms with E-state index in [4.69, 9.17) is 9.72 Å². The summed E-state index contributed by atoms with van der Waals surface area (Å²) in [5.74, 6) is 1.75. The van der Waals surface area contributed by atoms with Crippen LogP contribution in [0.2, 0.25) is 0 Å². The number of aliphatic hydroxyl groups is 1. The Morgan fingerprint density at radius 3 is 2.39 bits per heavy atom.